The Morgan fingerprint density at radius 2 is 1.50 bits per heavy atom. The Balaban J connectivity index is 2.06. The lowest BCUT2D eigenvalue weighted by molar-refractivity contribution is -0.140. The van der Waals surface area contributed by atoms with Crippen LogP contribution in [0.4, 0.5) is 5.69 Å². The molecule has 10 heteroatoms. The zero-order valence-corrected chi connectivity index (χ0v) is 25.4. The van der Waals surface area contributed by atoms with Crippen molar-refractivity contribution in [1.29, 1.82) is 0 Å². The number of rotatable bonds is 12. The maximum Gasteiger partial charge on any atom is 0.244 e. The molecule has 0 aliphatic heterocycles. The van der Waals surface area contributed by atoms with Gasteiger partial charge >= 0.3 is 0 Å². The normalized spacial score (nSPS) is 12.2. The molecule has 7 nitrogen and oxygen atoms in total. The number of hydrogen-bond acceptors (Lipinski definition) is 4. The van der Waals surface area contributed by atoms with Crippen molar-refractivity contribution in [2.45, 2.75) is 39.8 Å². The van der Waals surface area contributed by atoms with E-state index in [2.05, 4.69) is 5.32 Å². The van der Waals surface area contributed by atoms with Gasteiger partial charge in [-0.15, -0.1) is 0 Å². The quantitative estimate of drug-likeness (QED) is 0.297. The van der Waals surface area contributed by atoms with Crippen molar-refractivity contribution in [3.8, 4) is 0 Å². The van der Waals surface area contributed by atoms with Crippen LogP contribution < -0.4 is 9.62 Å². The molecule has 0 radical (unpaired) electrons. The Hall–Kier alpha value is -3.07. The molecule has 3 aromatic carbocycles. The van der Waals surface area contributed by atoms with Crippen LogP contribution in [-0.4, -0.2) is 50.5 Å². The molecule has 2 amide bonds. The molecule has 0 saturated carbocycles. The van der Waals surface area contributed by atoms with E-state index in [-0.39, 0.29) is 40.5 Å². The maximum absolute atomic E-state index is 14.1. The van der Waals surface area contributed by atoms with Gasteiger partial charge in [0.05, 0.1) is 11.9 Å². The smallest absolute Gasteiger partial charge is 0.244 e. The largest absolute Gasteiger partial charge is 0.354 e. The van der Waals surface area contributed by atoms with Gasteiger partial charge in [0.2, 0.25) is 21.8 Å². The molecule has 3 aromatic rings. The third-order valence-corrected chi connectivity index (χ3v) is 7.82. The molecule has 0 saturated heterocycles. The lowest BCUT2D eigenvalue weighted by Gasteiger charge is -2.33. The van der Waals surface area contributed by atoms with Crippen LogP contribution in [0, 0.1) is 12.8 Å². The van der Waals surface area contributed by atoms with Crippen molar-refractivity contribution in [3.63, 3.8) is 0 Å². The van der Waals surface area contributed by atoms with E-state index >= 15 is 0 Å². The maximum atomic E-state index is 14.1. The summed E-state index contributed by atoms with van der Waals surface area (Å²) < 4.78 is 26.7. The average Bonchev–Trinajstić information content (AvgIpc) is 2.88. The molecule has 0 unspecified atom stereocenters. The number of carbonyl (C=O) groups is 2. The molecule has 1 N–H and O–H groups in total. The van der Waals surface area contributed by atoms with Gasteiger partial charge in [-0.25, -0.2) is 8.42 Å². The van der Waals surface area contributed by atoms with Crippen molar-refractivity contribution >= 4 is 50.7 Å². The predicted molar refractivity (Wildman–Crippen MR) is 162 cm³/mol. The second kappa shape index (κ2) is 14.0. The monoisotopic (exact) mass is 603 g/mol. The Morgan fingerprint density at radius 1 is 0.900 bits per heavy atom. The molecule has 1 atom stereocenters. The van der Waals surface area contributed by atoms with Gasteiger partial charge in [-0.1, -0.05) is 97.2 Å². The Morgan fingerprint density at radius 3 is 2.05 bits per heavy atom. The van der Waals surface area contributed by atoms with Crippen LogP contribution in [0.3, 0.4) is 0 Å². The molecule has 214 valence electrons. The molecule has 0 spiro atoms. The van der Waals surface area contributed by atoms with E-state index in [1.165, 1.54) is 23.1 Å². The van der Waals surface area contributed by atoms with Gasteiger partial charge in [0.1, 0.15) is 12.6 Å². The topological polar surface area (TPSA) is 86.8 Å². The molecule has 0 aromatic heterocycles. The highest BCUT2D eigenvalue weighted by molar-refractivity contribution is 7.92. The Bertz CT molecular complexity index is 1390. The molecule has 3 rings (SSSR count). The molecule has 40 heavy (non-hydrogen) atoms. The summed E-state index contributed by atoms with van der Waals surface area (Å²) in [4.78, 5) is 29.1. The lowest BCUT2D eigenvalue weighted by atomic mass is 10.0. The minimum Gasteiger partial charge on any atom is -0.354 e. The predicted octanol–water partition coefficient (Wildman–Crippen LogP) is 5.48. The van der Waals surface area contributed by atoms with Gasteiger partial charge in [0, 0.05) is 29.6 Å². The summed E-state index contributed by atoms with van der Waals surface area (Å²) in [7, 11) is -3.92. The van der Waals surface area contributed by atoms with Crippen molar-refractivity contribution < 1.29 is 18.0 Å². The van der Waals surface area contributed by atoms with E-state index in [0.29, 0.717) is 6.54 Å². The van der Waals surface area contributed by atoms with Gasteiger partial charge in [-0.2, -0.15) is 0 Å². The molecular formula is C30H35Cl2N3O4S. The van der Waals surface area contributed by atoms with Crippen LogP contribution in [0.2, 0.25) is 10.0 Å². The van der Waals surface area contributed by atoms with Crippen LogP contribution in [-0.2, 0) is 32.6 Å². The molecule has 0 aliphatic rings. The number of anilines is 1. The number of sulfonamides is 1. The lowest BCUT2D eigenvalue weighted by Crippen LogP contribution is -2.53. The van der Waals surface area contributed by atoms with Crippen LogP contribution in [0.15, 0.2) is 72.8 Å². The SMILES string of the molecule is Cc1ccc(CN(C(=O)CN(c2cc(Cl)cc(Cl)c2)S(C)(=O)=O)[C@H](Cc2ccccc2)C(=O)NCC(C)C)cc1. The highest BCUT2D eigenvalue weighted by Crippen LogP contribution is 2.27. The van der Waals surface area contributed by atoms with E-state index < -0.39 is 28.5 Å². The van der Waals surface area contributed by atoms with E-state index in [1.54, 1.807) is 0 Å². The first-order valence-electron chi connectivity index (χ1n) is 12.9. The average molecular weight is 605 g/mol. The van der Waals surface area contributed by atoms with Crippen LogP contribution in [0.1, 0.15) is 30.5 Å². The summed E-state index contributed by atoms with van der Waals surface area (Å²) in [6.07, 6.45) is 1.26. The standard InChI is InChI=1S/C30H35Cl2N3O4S/c1-21(2)18-33-30(37)28(14-23-8-6-5-7-9-23)34(19-24-12-10-22(3)11-13-24)29(36)20-35(40(4,38)39)27-16-25(31)15-26(32)17-27/h5-13,15-17,21,28H,14,18-20H2,1-4H3,(H,33,37)/t28-/m1/s1. The summed E-state index contributed by atoms with van der Waals surface area (Å²) in [5.74, 6) is -0.645. The molecule has 0 bridgehead atoms. The number of aryl methyl sites for hydroxylation is 1. The number of benzene rings is 3. The second-order valence-corrected chi connectivity index (χ2v) is 13.0. The first kappa shape index (κ1) is 31.5. The third-order valence-electron chi connectivity index (χ3n) is 6.24. The number of nitrogens with zero attached hydrogens (tertiary/aromatic N) is 2. The second-order valence-electron chi connectivity index (χ2n) is 10.2. The van der Waals surface area contributed by atoms with E-state index in [4.69, 9.17) is 23.2 Å². The molecule has 0 heterocycles. The first-order chi connectivity index (χ1) is 18.8. The number of nitrogens with one attached hydrogen (secondary N) is 1. The summed E-state index contributed by atoms with van der Waals surface area (Å²) >= 11 is 12.3. The van der Waals surface area contributed by atoms with Gasteiger partial charge in [0.15, 0.2) is 0 Å². The van der Waals surface area contributed by atoms with Gasteiger partial charge in [0.25, 0.3) is 0 Å². The first-order valence-corrected chi connectivity index (χ1v) is 15.5. The van der Waals surface area contributed by atoms with E-state index in [1.807, 2.05) is 75.4 Å². The fraction of sp³-hybridized carbons (Fsp3) is 0.333. The number of hydrogen-bond donors (Lipinski definition) is 1. The summed E-state index contributed by atoms with van der Waals surface area (Å²) in [6, 6.07) is 20.5. The molecule has 0 fully saturated rings. The van der Waals surface area contributed by atoms with Gasteiger partial charge in [-0.3, -0.25) is 13.9 Å². The molecule has 0 aliphatic carbocycles. The Labute approximate surface area is 247 Å². The number of amides is 2. The van der Waals surface area contributed by atoms with E-state index in [0.717, 1.165) is 27.3 Å². The van der Waals surface area contributed by atoms with Crippen molar-refractivity contribution in [3.05, 3.63) is 99.5 Å². The minimum atomic E-state index is -3.92. The van der Waals surface area contributed by atoms with Crippen molar-refractivity contribution in [1.82, 2.24) is 10.2 Å². The fourth-order valence-electron chi connectivity index (χ4n) is 4.16. The third kappa shape index (κ3) is 9.25. The van der Waals surface area contributed by atoms with Gasteiger partial charge < -0.3 is 10.2 Å². The zero-order valence-electron chi connectivity index (χ0n) is 23.1. The van der Waals surface area contributed by atoms with Crippen molar-refractivity contribution in [2.24, 2.45) is 5.92 Å². The van der Waals surface area contributed by atoms with Crippen LogP contribution >= 0.6 is 23.2 Å². The molecular weight excluding hydrogens is 569 g/mol. The summed E-state index contributed by atoms with van der Waals surface area (Å²) in [5, 5.41) is 3.43. The van der Waals surface area contributed by atoms with Crippen LogP contribution in [0.5, 0.6) is 0 Å². The summed E-state index contributed by atoms with van der Waals surface area (Å²) in [6.45, 7) is 5.95. The summed E-state index contributed by atoms with van der Waals surface area (Å²) in [5.41, 5.74) is 2.90. The fourth-order valence-corrected chi connectivity index (χ4v) is 5.51. The zero-order chi connectivity index (χ0) is 29.4. The van der Waals surface area contributed by atoms with Crippen molar-refractivity contribution in [2.75, 3.05) is 23.7 Å². The number of carbonyl (C=O) groups excluding carboxylic acids is 2. The highest BCUT2D eigenvalue weighted by Gasteiger charge is 2.33. The number of halogens is 2. The minimum absolute atomic E-state index is 0.111. The van der Waals surface area contributed by atoms with Crippen LogP contribution in [0.25, 0.3) is 0 Å². The van der Waals surface area contributed by atoms with Gasteiger partial charge in [-0.05, 0) is 42.2 Å². The van der Waals surface area contributed by atoms with E-state index in [9.17, 15) is 18.0 Å². The Kier molecular flexibility index (Phi) is 11.0. The highest BCUT2D eigenvalue weighted by atomic mass is 35.5.